The van der Waals surface area contributed by atoms with Gasteiger partial charge in [0.15, 0.2) is 0 Å². The van der Waals surface area contributed by atoms with Crippen LogP contribution in [-0.2, 0) is 5.60 Å². The van der Waals surface area contributed by atoms with Gasteiger partial charge in [-0.25, -0.2) is 0 Å². The molecule has 0 aliphatic carbocycles. The van der Waals surface area contributed by atoms with Gasteiger partial charge < -0.3 is 5.11 Å². The van der Waals surface area contributed by atoms with Gasteiger partial charge in [0.1, 0.15) is 5.60 Å². The summed E-state index contributed by atoms with van der Waals surface area (Å²) in [5.41, 5.74) is 3.00. The number of halogens is 2. The maximum atomic E-state index is 11.2. The van der Waals surface area contributed by atoms with E-state index in [1.165, 1.54) is 0 Å². The Labute approximate surface area is 156 Å². The molecule has 0 fully saturated rings. The SMILES string of the molecule is CCC(O)(c1ccc(Cl)cc1)c1ccc(-c2ccc(Br)cc2)cc1. The zero-order chi connectivity index (χ0) is 17.2. The van der Waals surface area contributed by atoms with Crippen molar-refractivity contribution >= 4 is 27.5 Å². The van der Waals surface area contributed by atoms with E-state index in [-0.39, 0.29) is 0 Å². The lowest BCUT2D eigenvalue weighted by Gasteiger charge is -2.28. The number of rotatable bonds is 4. The molecule has 0 saturated heterocycles. The molecule has 3 aromatic rings. The van der Waals surface area contributed by atoms with Gasteiger partial charge in [-0.2, -0.15) is 0 Å². The van der Waals surface area contributed by atoms with Crippen LogP contribution in [0.1, 0.15) is 24.5 Å². The normalized spacial score (nSPS) is 13.5. The number of hydrogen-bond acceptors (Lipinski definition) is 1. The first kappa shape index (κ1) is 17.2. The molecular formula is C21H18BrClO. The smallest absolute Gasteiger partial charge is 0.114 e. The number of aliphatic hydroxyl groups is 1. The summed E-state index contributed by atoms with van der Waals surface area (Å²) in [4.78, 5) is 0. The molecule has 1 nitrogen and oxygen atoms in total. The monoisotopic (exact) mass is 400 g/mol. The summed E-state index contributed by atoms with van der Waals surface area (Å²) in [5.74, 6) is 0. The summed E-state index contributed by atoms with van der Waals surface area (Å²) >= 11 is 9.42. The van der Waals surface area contributed by atoms with Gasteiger partial charge in [-0.1, -0.05) is 83.0 Å². The van der Waals surface area contributed by atoms with Crippen LogP contribution in [0, 0.1) is 0 Å². The van der Waals surface area contributed by atoms with Gasteiger partial charge in [0.05, 0.1) is 0 Å². The van der Waals surface area contributed by atoms with E-state index in [9.17, 15) is 5.11 Å². The molecule has 0 spiro atoms. The third-order valence-corrected chi connectivity index (χ3v) is 5.15. The molecule has 122 valence electrons. The average molecular weight is 402 g/mol. The molecule has 3 heteroatoms. The Morgan fingerprint density at radius 2 is 1.21 bits per heavy atom. The zero-order valence-electron chi connectivity index (χ0n) is 13.3. The molecule has 0 saturated carbocycles. The largest absolute Gasteiger partial charge is 0.380 e. The van der Waals surface area contributed by atoms with Crippen molar-refractivity contribution < 1.29 is 5.11 Å². The summed E-state index contributed by atoms with van der Waals surface area (Å²) in [5, 5.41) is 11.9. The van der Waals surface area contributed by atoms with Gasteiger partial charge in [-0.15, -0.1) is 0 Å². The van der Waals surface area contributed by atoms with Gasteiger partial charge in [-0.3, -0.25) is 0 Å². The van der Waals surface area contributed by atoms with Crippen molar-refractivity contribution in [1.29, 1.82) is 0 Å². The molecule has 0 aliphatic rings. The van der Waals surface area contributed by atoms with Crippen LogP contribution in [0.2, 0.25) is 5.02 Å². The third-order valence-electron chi connectivity index (χ3n) is 4.37. The molecule has 0 amide bonds. The highest BCUT2D eigenvalue weighted by atomic mass is 79.9. The Morgan fingerprint density at radius 1 is 0.792 bits per heavy atom. The van der Waals surface area contributed by atoms with E-state index >= 15 is 0 Å². The highest BCUT2D eigenvalue weighted by Crippen LogP contribution is 2.34. The molecule has 0 radical (unpaired) electrons. The topological polar surface area (TPSA) is 20.2 Å². The number of hydrogen-bond donors (Lipinski definition) is 1. The fraction of sp³-hybridized carbons (Fsp3) is 0.143. The van der Waals surface area contributed by atoms with Crippen LogP contribution in [0.4, 0.5) is 0 Å². The van der Waals surface area contributed by atoms with Crippen molar-refractivity contribution in [3.63, 3.8) is 0 Å². The van der Waals surface area contributed by atoms with Gasteiger partial charge in [0.2, 0.25) is 0 Å². The van der Waals surface area contributed by atoms with Gasteiger partial charge >= 0.3 is 0 Å². The number of benzene rings is 3. The van der Waals surface area contributed by atoms with E-state index in [1.807, 2.05) is 55.5 Å². The first-order chi connectivity index (χ1) is 11.5. The Hall–Kier alpha value is -1.61. The molecule has 1 unspecified atom stereocenters. The summed E-state index contributed by atoms with van der Waals surface area (Å²) < 4.78 is 1.06. The summed E-state index contributed by atoms with van der Waals surface area (Å²) in [6.07, 6.45) is 0.590. The summed E-state index contributed by atoms with van der Waals surface area (Å²) in [6.45, 7) is 1.98. The molecule has 0 bridgehead atoms. The van der Waals surface area contributed by atoms with Crippen molar-refractivity contribution in [3.05, 3.63) is 93.4 Å². The Morgan fingerprint density at radius 3 is 1.67 bits per heavy atom. The van der Waals surface area contributed by atoms with E-state index in [1.54, 1.807) is 0 Å². The quantitative estimate of drug-likeness (QED) is 0.535. The molecule has 0 heterocycles. The standard InChI is InChI=1S/C21H18BrClO/c1-2-21(24,18-9-13-20(23)14-10-18)17-7-3-15(4-8-17)16-5-11-19(22)12-6-16/h3-14,24H,2H2,1H3. The molecule has 1 atom stereocenters. The maximum absolute atomic E-state index is 11.2. The van der Waals surface area contributed by atoms with Crippen molar-refractivity contribution in [2.45, 2.75) is 18.9 Å². The van der Waals surface area contributed by atoms with Crippen LogP contribution in [-0.4, -0.2) is 5.11 Å². The fourth-order valence-electron chi connectivity index (χ4n) is 2.88. The van der Waals surface area contributed by atoms with Crippen LogP contribution in [0.5, 0.6) is 0 Å². The Bertz CT molecular complexity index is 810. The molecule has 3 aromatic carbocycles. The summed E-state index contributed by atoms with van der Waals surface area (Å²) in [7, 11) is 0. The predicted octanol–water partition coefficient (Wildman–Crippen LogP) is 6.42. The minimum Gasteiger partial charge on any atom is -0.380 e. The Kier molecular flexibility index (Phi) is 5.09. The average Bonchev–Trinajstić information content (AvgIpc) is 2.62. The zero-order valence-corrected chi connectivity index (χ0v) is 15.7. The van der Waals surface area contributed by atoms with E-state index in [0.29, 0.717) is 11.4 Å². The lowest BCUT2D eigenvalue weighted by atomic mass is 9.83. The minimum absolute atomic E-state index is 0.590. The van der Waals surface area contributed by atoms with Crippen molar-refractivity contribution in [1.82, 2.24) is 0 Å². The lowest BCUT2D eigenvalue weighted by Crippen LogP contribution is -2.26. The minimum atomic E-state index is -1.01. The highest BCUT2D eigenvalue weighted by Gasteiger charge is 2.29. The molecule has 24 heavy (non-hydrogen) atoms. The second kappa shape index (κ2) is 7.10. The molecule has 0 aliphatic heterocycles. The molecule has 0 aromatic heterocycles. The van der Waals surface area contributed by atoms with E-state index < -0.39 is 5.60 Å². The van der Waals surface area contributed by atoms with E-state index in [4.69, 9.17) is 11.6 Å². The third kappa shape index (κ3) is 3.41. The van der Waals surface area contributed by atoms with Crippen LogP contribution < -0.4 is 0 Å². The van der Waals surface area contributed by atoms with Crippen molar-refractivity contribution in [2.24, 2.45) is 0 Å². The first-order valence-corrected chi connectivity index (χ1v) is 9.05. The lowest BCUT2D eigenvalue weighted by molar-refractivity contribution is 0.0765. The van der Waals surface area contributed by atoms with Crippen LogP contribution in [0.15, 0.2) is 77.3 Å². The molecular weight excluding hydrogens is 384 g/mol. The van der Waals surface area contributed by atoms with Crippen LogP contribution in [0.3, 0.4) is 0 Å². The van der Waals surface area contributed by atoms with Crippen molar-refractivity contribution in [2.75, 3.05) is 0 Å². The van der Waals surface area contributed by atoms with Crippen LogP contribution >= 0.6 is 27.5 Å². The second-order valence-corrected chi connectivity index (χ2v) is 7.16. The Balaban J connectivity index is 1.95. The van der Waals surface area contributed by atoms with Crippen LogP contribution in [0.25, 0.3) is 11.1 Å². The molecule has 1 N–H and O–H groups in total. The van der Waals surface area contributed by atoms with E-state index in [0.717, 1.165) is 26.7 Å². The van der Waals surface area contributed by atoms with Crippen molar-refractivity contribution in [3.8, 4) is 11.1 Å². The van der Waals surface area contributed by atoms with E-state index in [2.05, 4.69) is 40.2 Å². The second-order valence-electron chi connectivity index (χ2n) is 5.80. The highest BCUT2D eigenvalue weighted by molar-refractivity contribution is 9.10. The fourth-order valence-corrected chi connectivity index (χ4v) is 3.27. The molecule has 3 rings (SSSR count). The van der Waals surface area contributed by atoms with Gasteiger partial charge in [0.25, 0.3) is 0 Å². The van der Waals surface area contributed by atoms with Gasteiger partial charge in [0, 0.05) is 9.50 Å². The maximum Gasteiger partial charge on any atom is 0.114 e. The predicted molar refractivity (Wildman–Crippen MR) is 104 cm³/mol. The summed E-state index contributed by atoms with van der Waals surface area (Å²) in [6, 6.07) is 23.7. The van der Waals surface area contributed by atoms with Gasteiger partial charge in [-0.05, 0) is 52.9 Å². The first-order valence-electron chi connectivity index (χ1n) is 7.88.